The van der Waals surface area contributed by atoms with Gasteiger partial charge in [0, 0.05) is 23.9 Å². The first-order valence-electron chi connectivity index (χ1n) is 6.55. The molecule has 0 fully saturated rings. The van der Waals surface area contributed by atoms with Crippen LogP contribution in [0.1, 0.15) is 19.3 Å². The molecule has 0 radical (unpaired) electrons. The predicted octanol–water partition coefficient (Wildman–Crippen LogP) is 2.13. The maximum absolute atomic E-state index is 10.6. The number of rotatable bonds is 11. The number of hydrogen-bond acceptors (Lipinski definition) is 6. The zero-order valence-corrected chi connectivity index (χ0v) is 14.7. The molecule has 0 saturated heterocycles. The molecule has 120 valence electrons. The molecule has 0 aliphatic carbocycles. The third-order valence-corrected chi connectivity index (χ3v) is 3.83. The highest BCUT2D eigenvalue weighted by Gasteiger charge is 2.00. The second-order valence-corrected chi connectivity index (χ2v) is 7.41. The largest absolute Gasteiger partial charge is 0.477 e. The number of pyridine rings is 1. The van der Waals surface area contributed by atoms with E-state index in [9.17, 15) is 4.21 Å². The van der Waals surface area contributed by atoms with Gasteiger partial charge in [-0.3, -0.25) is 8.74 Å². The number of unbranched alkanes of at least 4 members (excludes halogenated alkanes) is 2. The molecular formula is C12H19BrN2O4S2. The monoisotopic (exact) mass is 398 g/mol. The van der Waals surface area contributed by atoms with Crippen LogP contribution >= 0.6 is 15.9 Å². The molecule has 2 N–H and O–H groups in total. The highest BCUT2D eigenvalue weighted by Crippen LogP contribution is 2.20. The summed E-state index contributed by atoms with van der Waals surface area (Å²) in [4.78, 5) is 4.12. The molecule has 6 nitrogen and oxygen atoms in total. The van der Waals surface area contributed by atoms with E-state index in [0.29, 0.717) is 19.0 Å². The Morgan fingerprint density at radius 2 is 2.14 bits per heavy atom. The van der Waals surface area contributed by atoms with E-state index < -0.39 is 9.05 Å². The number of nitrogens with one attached hydrogen (secondary N) is 1. The maximum Gasteiger partial charge on any atom is 0.266 e. The molecule has 0 aromatic carbocycles. The molecule has 0 amide bonds. The van der Waals surface area contributed by atoms with Gasteiger partial charge in [-0.05, 0) is 53.9 Å². The van der Waals surface area contributed by atoms with E-state index in [0.717, 1.165) is 30.3 Å². The Balaban J connectivity index is 1.92. The normalized spacial score (nSPS) is 13.8. The summed E-state index contributed by atoms with van der Waals surface area (Å²) >= 11 is 7.57. The number of halogens is 1. The van der Waals surface area contributed by atoms with Crippen molar-refractivity contribution in [3.8, 4) is 5.88 Å². The van der Waals surface area contributed by atoms with Gasteiger partial charge in [0.2, 0.25) is 5.88 Å². The Labute approximate surface area is 138 Å². The van der Waals surface area contributed by atoms with E-state index in [4.69, 9.17) is 9.29 Å². The zero-order chi connectivity index (χ0) is 15.6. The second-order valence-electron chi connectivity index (χ2n) is 4.20. The van der Waals surface area contributed by atoms with E-state index in [1.54, 1.807) is 6.20 Å². The minimum Gasteiger partial charge on any atom is -0.477 e. The highest BCUT2D eigenvalue weighted by molar-refractivity contribution is 9.10. The highest BCUT2D eigenvalue weighted by atomic mass is 79.9. The molecule has 1 atom stereocenters. The van der Waals surface area contributed by atoms with Crippen LogP contribution < -0.4 is 10.1 Å². The third-order valence-electron chi connectivity index (χ3n) is 2.47. The van der Waals surface area contributed by atoms with Crippen LogP contribution in [-0.2, 0) is 24.4 Å². The lowest BCUT2D eigenvalue weighted by molar-refractivity contribution is 0.289. The average Bonchev–Trinajstić information content (AvgIpc) is 2.41. The van der Waals surface area contributed by atoms with Gasteiger partial charge in [0.05, 0.1) is 17.7 Å². The fraction of sp³-hybridized carbons (Fsp3) is 0.583. The fourth-order valence-corrected chi connectivity index (χ4v) is 2.39. The summed E-state index contributed by atoms with van der Waals surface area (Å²) in [6.07, 6.45) is 4.66. The van der Waals surface area contributed by atoms with Gasteiger partial charge in [-0.1, -0.05) is 0 Å². The van der Waals surface area contributed by atoms with E-state index in [2.05, 4.69) is 41.6 Å². The minimum atomic E-state index is -3.49. The van der Waals surface area contributed by atoms with E-state index in [1.807, 2.05) is 12.1 Å². The average molecular weight is 399 g/mol. The molecule has 21 heavy (non-hydrogen) atoms. The summed E-state index contributed by atoms with van der Waals surface area (Å²) in [5, 5.41) is 3.11. The van der Waals surface area contributed by atoms with Gasteiger partial charge in [0.15, 0.2) is 0 Å². The van der Waals surface area contributed by atoms with Crippen LogP contribution in [0.4, 0.5) is 0 Å². The molecule has 0 bridgehead atoms. The van der Waals surface area contributed by atoms with E-state index in [-0.39, 0.29) is 6.61 Å². The summed E-state index contributed by atoms with van der Waals surface area (Å²) in [5.74, 6) is 0.615. The van der Waals surface area contributed by atoms with Crippen molar-refractivity contribution >= 4 is 36.2 Å². The molecule has 0 saturated carbocycles. The Kier molecular flexibility index (Phi) is 9.29. The number of hydrogen-bond donors (Lipinski definition) is 2. The summed E-state index contributed by atoms with van der Waals surface area (Å²) in [6.45, 7) is 2.09. The number of nitrogens with zero attached hydrogens (tertiary/aromatic N) is 1. The molecule has 0 aliphatic rings. The quantitative estimate of drug-likeness (QED) is 0.552. The molecular weight excluding hydrogens is 380 g/mol. The van der Waals surface area contributed by atoms with Crippen molar-refractivity contribution in [3.05, 3.63) is 22.8 Å². The van der Waals surface area contributed by atoms with Crippen molar-refractivity contribution in [1.82, 2.24) is 10.3 Å². The van der Waals surface area contributed by atoms with Crippen molar-refractivity contribution < 1.29 is 17.7 Å². The SMILES string of the molecule is O=S(O)(=S)OCCNCCCCCOc1ncccc1Br. The van der Waals surface area contributed by atoms with Crippen molar-refractivity contribution in [1.29, 1.82) is 0 Å². The van der Waals surface area contributed by atoms with Crippen molar-refractivity contribution in [3.63, 3.8) is 0 Å². The first-order valence-corrected chi connectivity index (χ1v) is 9.71. The number of ether oxygens (including phenoxy) is 1. The first-order chi connectivity index (χ1) is 9.99. The van der Waals surface area contributed by atoms with Crippen LogP contribution in [0.2, 0.25) is 0 Å². The lowest BCUT2D eigenvalue weighted by Gasteiger charge is -2.07. The topological polar surface area (TPSA) is 80.7 Å². The van der Waals surface area contributed by atoms with Gasteiger partial charge < -0.3 is 10.1 Å². The molecule has 1 heterocycles. The molecule has 1 rings (SSSR count). The number of aromatic nitrogens is 1. The second kappa shape index (κ2) is 10.4. The van der Waals surface area contributed by atoms with E-state index in [1.165, 1.54) is 0 Å². The Morgan fingerprint density at radius 1 is 1.33 bits per heavy atom. The van der Waals surface area contributed by atoms with Crippen LogP contribution in [0.3, 0.4) is 0 Å². The fourth-order valence-electron chi connectivity index (χ4n) is 1.52. The lowest BCUT2D eigenvalue weighted by atomic mass is 10.2. The minimum absolute atomic E-state index is 0.135. The van der Waals surface area contributed by atoms with Gasteiger partial charge in [-0.2, -0.15) is 4.21 Å². The van der Waals surface area contributed by atoms with Crippen LogP contribution in [-0.4, -0.2) is 40.0 Å². The van der Waals surface area contributed by atoms with E-state index >= 15 is 0 Å². The maximum atomic E-state index is 10.6. The predicted molar refractivity (Wildman–Crippen MR) is 88.2 cm³/mol. The van der Waals surface area contributed by atoms with Crippen molar-refractivity contribution in [2.24, 2.45) is 0 Å². The molecule has 0 spiro atoms. The van der Waals surface area contributed by atoms with Gasteiger partial charge in [0.1, 0.15) is 0 Å². The summed E-state index contributed by atoms with van der Waals surface area (Å²) in [5.41, 5.74) is 0. The third kappa shape index (κ3) is 10.1. The van der Waals surface area contributed by atoms with Gasteiger partial charge in [-0.15, -0.1) is 0 Å². The van der Waals surface area contributed by atoms with Gasteiger partial charge in [-0.25, -0.2) is 4.98 Å². The van der Waals surface area contributed by atoms with Crippen molar-refractivity contribution in [2.45, 2.75) is 19.3 Å². The van der Waals surface area contributed by atoms with Gasteiger partial charge in [0.25, 0.3) is 9.05 Å². The zero-order valence-electron chi connectivity index (χ0n) is 11.5. The summed E-state index contributed by atoms with van der Waals surface area (Å²) in [7, 11) is -3.49. The molecule has 1 aromatic heterocycles. The molecule has 1 unspecified atom stereocenters. The van der Waals surface area contributed by atoms with Crippen LogP contribution in [0.15, 0.2) is 22.8 Å². The smallest absolute Gasteiger partial charge is 0.266 e. The first kappa shape index (κ1) is 18.7. The summed E-state index contributed by atoms with van der Waals surface area (Å²) < 4.78 is 30.3. The Morgan fingerprint density at radius 3 is 2.86 bits per heavy atom. The molecule has 9 heteroatoms. The Bertz CT molecular complexity index is 514. The van der Waals surface area contributed by atoms with Crippen LogP contribution in [0, 0.1) is 0 Å². The molecule has 0 aliphatic heterocycles. The summed E-state index contributed by atoms with van der Waals surface area (Å²) in [6, 6.07) is 3.73. The van der Waals surface area contributed by atoms with Gasteiger partial charge >= 0.3 is 0 Å². The van der Waals surface area contributed by atoms with Crippen molar-refractivity contribution in [2.75, 3.05) is 26.3 Å². The molecule has 1 aromatic rings. The Hall–Kier alpha value is -0.320. The standard InChI is InChI=1S/C12H19BrN2O4S2/c13-11-5-4-7-15-12(11)18-9-3-1-2-6-14-8-10-19-21(16,17)20/h4-5,7,14H,1-3,6,8-10H2,(H,16,17,20). The lowest BCUT2D eigenvalue weighted by Crippen LogP contribution is -2.22. The van der Waals surface area contributed by atoms with Crippen LogP contribution in [0.5, 0.6) is 5.88 Å². The van der Waals surface area contributed by atoms with Crippen LogP contribution in [0.25, 0.3) is 0 Å².